The average molecular weight is 231 g/mol. The van der Waals surface area contributed by atoms with Crippen LogP contribution in [0.15, 0.2) is 24.9 Å². The number of aromatic nitrogens is 4. The van der Waals surface area contributed by atoms with Crippen LogP contribution in [0.1, 0.15) is 30.4 Å². The van der Waals surface area contributed by atoms with Crippen molar-refractivity contribution < 1.29 is 0 Å². The highest BCUT2D eigenvalue weighted by atomic mass is 15.1. The molecule has 2 aromatic rings. The normalized spacial score (nSPS) is 15.4. The van der Waals surface area contributed by atoms with Crippen molar-refractivity contribution in [2.45, 2.75) is 32.0 Å². The van der Waals surface area contributed by atoms with Gasteiger partial charge in [-0.05, 0) is 12.8 Å². The first-order chi connectivity index (χ1) is 8.34. The first kappa shape index (κ1) is 10.5. The fourth-order valence-corrected chi connectivity index (χ4v) is 2.02. The summed E-state index contributed by atoms with van der Waals surface area (Å²) in [5.41, 5.74) is 1.27. The minimum absolute atomic E-state index is 0.697. The van der Waals surface area contributed by atoms with E-state index < -0.39 is 0 Å². The van der Waals surface area contributed by atoms with E-state index in [1.54, 1.807) is 0 Å². The Kier molecular flexibility index (Phi) is 2.68. The Morgan fingerprint density at radius 3 is 3.00 bits per heavy atom. The summed E-state index contributed by atoms with van der Waals surface area (Å²) in [6.07, 6.45) is 10.3. The molecule has 1 aliphatic carbocycles. The Morgan fingerprint density at radius 1 is 1.41 bits per heavy atom. The lowest BCUT2D eigenvalue weighted by Gasteiger charge is -2.08. The number of rotatable bonds is 5. The van der Waals surface area contributed by atoms with Gasteiger partial charge in [0.2, 0.25) is 0 Å². The average Bonchev–Trinajstić information content (AvgIpc) is 2.93. The highest BCUT2D eigenvalue weighted by Gasteiger charge is 2.24. The van der Waals surface area contributed by atoms with Crippen molar-refractivity contribution >= 4 is 0 Å². The molecule has 1 N–H and O–H groups in total. The summed E-state index contributed by atoms with van der Waals surface area (Å²) in [5.74, 6) is 1.06. The van der Waals surface area contributed by atoms with E-state index in [4.69, 9.17) is 0 Å². The fourth-order valence-electron chi connectivity index (χ4n) is 2.02. The summed E-state index contributed by atoms with van der Waals surface area (Å²) in [6, 6.07) is 0.697. The van der Waals surface area contributed by atoms with Crippen LogP contribution in [0.25, 0.3) is 0 Å². The van der Waals surface area contributed by atoms with E-state index in [0.29, 0.717) is 6.04 Å². The van der Waals surface area contributed by atoms with E-state index >= 15 is 0 Å². The van der Waals surface area contributed by atoms with E-state index in [0.717, 1.165) is 18.9 Å². The van der Waals surface area contributed by atoms with Gasteiger partial charge in [0, 0.05) is 38.2 Å². The van der Waals surface area contributed by atoms with Crippen molar-refractivity contribution in [3.05, 3.63) is 36.4 Å². The summed E-state index contributed by atoms with van der Waals surface area (Å²) >= 11 is 0. The van der Waals surface area contributed by atoms with Crippen LogP contribution in [0.2, 0.25) is 0 Å². The van der Waals surface area contributed by atoms with Crippen molar-refractivity contribution in [1.82, 2.24) is 24.4 Å². The molecule has 0 spiro atoms. The highest BCUT2D eigenvalue weighted by molar-refractivity contribution is 5.03. The molecule has 1 saturated carbocycles. The molecule has 5 nitrogen and oxygen atoms in total. The van der Waals surface area contributed by atoms with Gasteiger partial charge in [0.05, 0.1) is 18.6 Å². The Bertz CT molecular complexity index is 494. The second kappa shape index (κ2) is 4.33. The van der Waals surface area contributed by atoms with Crippen LogP contribution in [-0.2, 0) is 20.1 Å². The Hall–Kier alpha value is -1.62. The molecule has 0 saturated heterocycles. The van der Waals surface area contributed by atoms with Crippen molar-refractivity contribution in [2.75, 3.05) is 0 Å². The molecule has 0 aliphatic heterocycles. The Balaban J connectivity index is 1.57. The molecule has 0 amide bonds. The van der Waals surface area contributed by atoms with Crippen LogP contribution in [0, 0.1) is 0 Å². The number of hydrogen-bond donors (Lipinski definition) is 1. The lowest BCUT2D eigenvalue weighted by molar-refractivity contribution is 0.596. The lowest BCUT2D eigenvalue weighted by Crippen LogP contribution is -2.17. The molecule has 2 aromatic heterocycles. The van der Waals surface area contributed by atoms with Gasteiger partial charge in [-0.1, -0.05) is 0 Å². The maximum absolute atomic E-state index is 4.28. The van der Waals surface area contributed by atoms with Gasteiger partial charge in [-0.15, -0.1) is 0 Å². The number of nitrogens with zero attached hydrogens (tertiary/aromatic N) is 4. The third-order valence-electron chi connectivity index (χ3n) is 3.20. The van der Waals surface area contributed by atoms with E-state index in [2.05, 4.69) is 19.9 Å². The zero-order chi connectivity index (χ0) is 11.7. The predicted molar refractivity (Wildman–Crippen MR) is 64.2 cm³/mol. The maximum atomic E-state index is 4.28. The molecule has 0 bridgehead atoms. The largest absolute Gasteiger partial charge is 0.337 e. The second-order valence-electron chi connectivity index (χ2n) is 4.58. The van der Waals surface area contributed by atoms with Crippen molar-refractivity contribution in [2.24, 2.45) is 7.05 Å². The molecular formula is C12H17N5. The molecule has 1 aliphatic rings. The molecule has 17 heavy (non-hydrogen) atoms. The molecule has 0 radical (unpaired) electrons. The Morgan fingerprint density at radius 2 is 2.29 bits per heavy atom. The molecule has 5 heteroatoms. The standard InChI is InChI=1S/C12H17N5/c1-16-5-4-15-12(16)8-13-6-11-7-14-9-17(11)10-2-3-10/h4-5,7,9-10,13H,2-3,6,8H2,1H3. The van der Waals surface area contributed by atoms with Gasteiger partial charge in [0.25, 0.3) is 0 Å². The van der Waals surface area contributed by atoms with Gasteiger partial charge in [0.15, 0.2) is 0 Å². The number of hydrogen-bond acceptors (Lipinski definition) is 3. The minimum Gasteiger partial charge on any atom is -0.337 e. The maximum Gasteiger partial charge on any atom is 0.122 e. The predicted octanol–water partition coefficient (Wildman–Crippen LogP) is 1.24. The fraction of sp³-hybridized carbons (Fsp3) is 0.500. The summed E-state index contributed by atoms with van der Waals surface area (Å²) in [5, 5.41) is 3.41. The molecular weight excluding hydrogens is 214 g/mol. The Labute approximate surface area is 100 Å². The zero-order valence-electron chi connectivity index (χ0n) is 10.0. The monoisotopic (exact) mass is 231 g/mol. The number of imidazole rings is 2. The van der Waals surface area contributed by atoms with Crippen LogP contribution in [0.5, 0.6) is 0 Å². The highest BCUT2D eigenvalue weighted by Crippen LogP contribution is 2.35. The molecule has 0 aromatic carbocycles. The number of nitrogens with one attached hydrogen (secondary N) is 1. The van der Waals surface area contributed by atoms with Gasteiger partial charge in [0.1, 0.15) is 5.82 Å². The molecule has 1 fully saturated rings. The third kappa shape index (κ3) is 2.24. The van der Waals surface area contributed by atoms with E-state index in [-0.39, 0.29) is 0 Å². The van der Waals surface area contributed by atoms with Crippen molar-refractivity contribution in [1.29, 1.82) is 0 Å². The van der Waals surface area contributed by atoms with Gasteiger partial charge >= 0.3 is 0 Å². The first-order valence-electron chi connectivity index (χ1n) is 6.02. The quantitative estimate of drug-likeness (QED) is 0.842. The summed E-state index contributed by atoms with van der Waals surface area (Å²) in [4.78, 5) is 8.50. The topological polar surface area (TPSA) is 47.7 Å². The first-order valence-corrected chi connectivity index (χ1v) is 6.02. The van der Waals surface area contributed by atoms with Gasteiger partial charge in [-0.2, -0.15) is 0 Å². The van der Waals surface area contributed by atoms with Gasteiger partial charge in [-0.25, -0.2) is 9.97 Å². The van der Waals surface area contributed by atoms with Crippen LogP contribution in [0.3, 0.4) is 0 Å². The van der Waals surface area contributed by atoms with Crippen molar-refractivity contribution in [3.8, 4) is 0 Å². The summed E-state index contributed by atoms with van der Waals surface area (Å²) in [6.45, 7) is 1.64. The lowest BCUT2D eigenvalue weighted by atomic mass is 10.4. The van der Waals surface area contributed by atoms with Crippen LogP contribution < -0.4 is 5.32 Å². The van der Waals surface area contributed by atoms with E-state index in [9.17, 15) is 0 Å². The molecule has 90 valence electrons. The molecule has 2 heterocycles. The van der Waals surface area contributed by atoms with Crippen LogP contribution in [-0.4, -0.2) is 19.1 Å². The molecule has 0 atom stereocenters. The van der Waals surface area contributed by atoms with Crippen LogP contribution in [0.4, 0.5) is 0 Å². The van der Waals surface area contributed by atoms with E-state index in [1.165, 1.54) is 18.5 Å². The van der Waals surface area contributed by atoms with Gasteiger partial charge < -0.3 is 14.5 Å². The summed E-state index contributed by atoms with van der Waals surface area (Å²) in [7, 11) is 2.01. The van der Waals surface area contributed by atoms with Crippen LogP contribution >= 0.6 is 0 Å². The molecule has 3 rings (SSSR count). The summed E-state index contributed by atoms with van der Waals surface area (Å²) < 4.78 is 4.32. The third-order valence-corrected chi connectivity index (χ3v) is 3.20. The van der Waals surface area contributed by atoms with E-state index in [1.807, 2.05) is 36.5 Å². The van der Waals surface area contributed by atoms with Crippen molar-refractivity contribution in [3.63, 3.8) is 0 Å². The SMILES string of the molecule is Cn1ccnc1CNCc1cncn1C1CC1. The smallest absolute Gasteiger partial charge is 0.122 e. The number of aryl methyl sites for hydroxylation is 1. The zero-order valence-corrected chi connectivity index (χ0v) is 10.0. The minimum atomic E-state index is 0.697. The van der Waals surface area contributed by atoms with Gasteiger partial charge in [-0.3, -0.25) is 0 Å². The second-order valence-corrected chi connectivity index (χ2v) is 4.58. The molecule has 0 unspecified atom stereocenters.